The molecule has 0 atom stereocenters. The molecule has 184 valence electrons. The minimum Gasteiger partial charge on any atom is -0.494 e. The van der Waals surface area contributed by atoms with E-state index < -0.39 is 17.8 Å². The Morgan fingerprint density at radius 2 is 1.66 bits per heavy atom. The van der Waals surface area contributed by atoms with Gasteiger partial charge in [-0.2, -0.15) is 0 Å². The minimum atomic E-state index is -0.461. The Hall–Kier alpha value is -3.61. The molecule has 2 aliphatic carbocycles. The molecule has 2 amide bonds. The van der Waals surface area contributed by atoms with Crippen LogP contribution in [0.1, 0.15) is 66.4 Å². The Bertz CT molecular complexity index is 1070. The fourth-order valence-electron chi connectivity index (χ4n) is 3.71. The highest BCUT2D eigenvalue weighted by molar-refractivity contribution is 6.05. The number of benzene rings is 2. The van der Waals surface area contributed by atoms with Gasteiger partial charge >= 0.3 is 5.97 Å². The van der Waals surface area contributed by atoms with Gasteiger partial charge < -0.3 is 20.1 Å². The topological polar surface area (TPSA) is 93.7 Å². The highest BCUT2D eigenvalue weighted by Crippen LogP contribution is 2.40. The summed E-state index contributed by atoms with van der Waals surface area (Å²) in [5.74, 6) is 0.881. The molecule has 2 saturated carbocycles. The van der Waals surface area contributed by atoms with Crippen LogP contribution < -0.4 is 15.4 Å². The third-order valence-corrected chi connectivity index (χ3v) is 6.09. The summed E-state index contributed by atoms with van der Waals surface area (Å²) < 4.78 is 10.6. The van der Waals surface area contributed by atoms with Crippen LogP contribution in [0.3, 0.4) is 0 Å². The lowest BCUT2D eigenvalue weighted by atomic mass is 10.1. The lowest BCUT2D eigenvalue weighted by Gasteiger charge is -2.12. The Balaban J connectivity index is 1.40. The molecule has 2 aliphatic rings. The molecule has 0 unspecified atom stereocenters. The second kappa shape index (κ2) is 11.7. The SMILES string of the molecule is CC(=O)OCCNC(=O)/C(=C/c1ccc(C2CC2)cc1)NC(=O)c1ccc(OCCC2CC2)cc1. The van der Waals surface area contributed by atoms with Crippen molar-refractivity contribution in [3.8, 4) is 5.75 Å². The van der Waals surface area contributed by atoms with E-state index in [0.717, 1.165) is 23.7 Å². The normalized spacial score (nSPS) is 15.3. The summed E-state index contributed by atoms with van der Waals surface area (Å²) in [5.41, 5.74) is 2.63. The van der Waals surface area contributed by atoms with Gasteiger partial charge in [-0.3, -0.25) is 14.4 Å². The third-order valence-electron chi connectivity index (χ3n) is 6.09. The molecule has 2 aromatic rings. The molecule has 2 aromatic carbocycles. The standard InChI is InChI=1S/C28H32N2O5/c1-19(31)34-17-15-29-28(33)26(18-21-4-6-22(7-5-21)23-8-9-23)30-27(32)24-10-12-25(13-11-24)35-16-14-20-2-3-20/h4-7,10-13,18,20,23H,2-3,8-9,14-17H2,1H3,(H,29,33)(H,30,32)/b26-18-. The first-order valence-corrected chi connectivity index (χ1v) is 12.3. The molecule has 0 heterocycles. The maximum absolute atomic E-state index is 12.9. The Labute approximate surface area is 205 Å². The number of hydrogen-bond donors (Lipinski definition) is 2. The smallest absolute Gasteiger partial charge is 0.302 e. The maximum atomic E-state index is 12.9. The summed E-state index contributed by atoms with van der Waals surface area (Å²) in [6, 6.07) is 14.9. The van der Waals surface area contributed by atoms with Gasteiger partial charge in [0.2, 0.25) is 0 Å². The monoisotopic (exact) mass is 476 g/mol. The maximum Gasteiger partial charge on any atom is 0.302 e. The van der Waals surface area contributed by atoms with E-state index in [9.17, 15) is 14.4 Å². The van der Waals surface area contributed by atoms with Gasteiger partial charge in [0.05, 0.1) is 13.2 Å². The molecule has 0 bridgehead atoms. The summed E-state index contributed by atoms with van der Waals surface area (Å²) >= 11 is 0. The number of hydrogen-bond acceptors (Lipinski definition) is 5. The van der Waals surface area contributed by atoms with E-state index >= 15 is 0 Å². The largest absolute Gasteiger partial charge is 0.494 e. The fraction of sp³-hybridized carbons (Fsp3) is 0.393. The van der Waals surface area contributed by atoms with Gasteiger partial charge in [0, 0.05) is 12.5 Å². The summed E-state index contributed by atoms with van der Waals surface area (Å²) in [6.45, 7) is 2.18. The van der Waals surface area contributed by atoms with Gasteiger partial charge in [0.25, 0.3) is 11.8 Å². The molecule has 7 nitrogen and oxygen atoms in total. The van der Waals surface area contributed by atoms with Crippen LogP contribution in [-0.4, -0.2) is 37.5 Å². The van der Waals surface area contributed by atoms with E-state index in [-0.39, 0.29) is 18.8 Å². The predicted molar refractivity (Wildman–Crippen MR) is 133 cm³/mol. The van der Waals surface area contributed by atoms with Crippen molar-refractivity contribution in [3.63, 3.8) is 0 Å². The number of nitrogens with one attached hydrogen (secondary N) is 2. The van der Waals surface area contributed by atoms with Crippen molar-refractivity contribution in [2.45, 2.75) is 44.9 Å². The van der Waals surface area contributed by atoms with Crippen molar-refractivity contribution in [1.82, 2.24) is 10.6 Å². The quantitative estimate of drug-likeness (QED) is 0.272. The number of ether oxygens (including phenoxy) is 2. The van der Waals surface area contributed by atoms with Crippen LogP contribution in [0.15, 0.2) is 54.2 Å². The molecule has 0 saturated heterocycles. The predicted octanol–water partition coefficient (Wildman–Crippen LogP) is 4.19. The van der Waals surface area contributed by atoms with Gasteiger partial charge in [-0.15, -0.1) is 0 Å². The minimum absolute atomic E-state index is 0.0561. The summed E-state index contributed by atoms with van der Waals surface area (Å²) in [6.07, 6.45) is 7.72. The summed E-state index contributed by atoms with van der Waals surface area (Å²) in [5, 5.41) is 5.41. The number of esters is 1. The van der Waals surface area contributed by atoms with Crippen LogP contribution in [-0.2, 0) is 14.3 Å². The van der Waals surface area contributed by atoms with Crippen LogP contribution in [0.2, 0.25) is 0 Å². The molecule has 0 aromatic heterocycles. The van der Waals surface area contributed by atoms with Crippen molar-refractivity contribution in [2.75, 3.05) is 19.8 Å². The summed E-state index contributed by atoms with van der Waals surface area (Å²) in [4.78, 5) is 36.7. The number of amides is 2. The molecule has 0 aliphatic heterocycles. The van der Waals surface area contributed by atoms with Gasteiger partial charge in [-0.05, 0) is 72.6 Å². The Kier molecular flexibility index (Phi) is 8.19. The van der Waals surface area contributed by atoms with Crippen LogP contribution >= 0.6 is 0 Å². The average Bonchev–Trinajstić information content (AvgIpc) is 3.76. The molecule has 35 heavy (non-hydrogen) atoms. The van der Waals surface area contributed by atoms with E-state index in [1.54, 1.807) is 30.3 Å². The first-order valence-electron chi connectivity index (χ1n) is 12.3. The zero-order valence-corrected chi connectivity index (χ0v) is 20.0. The van der Waals surface area contributed by atoms with Crippen molar-refractivity contribution in [3.05, 3.63) is 70.9 Å². The number of rotatable bonds is 12. The molecule has 4 rings (SSSR count). The van der Waals surface area contributed by atoms with E-state index in [2.05, 4.69) is 22.8 Å². The van der Waals surface area contributed by atoms with Crippen LogP contribution in [0, 0.1) is 5.92 Å². The van der Waals surface area contributed by atoms with Crippen molar-refractivity contribution >= 4 is 23.9 Å². The zero-order valence-electron chi connectivity index (χ0n) is 20.0. The first kappa shape index (κ1) is 24.5. The van der Waals surface area contributed by atoms with Crippen LogP contribution in [0.5, 0.6) is 5.75 Å². The molecule has 2 fully saturated rings. The molecular weight excluding hydrogens is 444 g/mol. The number of carbonyl (C=O) groups is 3. The van der Waals surface area contributed by atoms with Crippen molar-refractivity contribution in [2.24, 2.45) is 5.92 Å². The lowest BCUT2D eigenvalue weighted by molar-refractivity contribution is -0.141. The van der Waals surface area contributed by atoms with Gasteiger partial charge in [-0.1, -0.05) is 37.1 Å². The fourth-order valence-corrected chi connectivity index (χ4v) is 3.71. The van der Waals surface area contributed by atoms with E-state index in [1.165, 1.54) is 38.2 Å². The lowest BCUT2D eigenvalue weighted by Crippen LogP contribution is -2.36. The molecular formula is C28H32N2O5. The van der Waals surface area contributed by atoms with E-state index in [4.69, 9.17) is 9.47 Å². The van der Waals surface area contributed by atoms with Crippen molar-refractivity contribution < 1.29 is 23.9 Å². The molecule has 7 heteroatoms. The van der Waals surface area contributed by atoms with Gasteiger partial charge in [-0.25, -0.2) is 0 Å². The zero-order chi connectivity index (χ0) is 24.6. The Morgan fingerprint density at radius 1 is 0.943 bits per heavy atom. The second-order valence-electron chi connectivity index (χ2n) is 9.15. The number of carbonyl (C=O) groups excluding carboxylic acids is 3. The molecule has 2 N–H and O–H groups in total. The highest BCUT2D eigenvalue weighted by atomic mass is 16.5. The molecule has 0 radical (unpaired) electrons. The van der Waals surface area contributed by atoms with Crippen LogP contribution in [0.4, 0.5) is 0 Å². The highest BCUT2D eigenvalue weighted by Gasteiger charge is 2.23. The Morgan fingerprint density at radius 3 is 2.29 bits per heavy atom. The summed E-state index contributed by atoms with van der Waals surface area (Å²) in [7, 11) is 0. The average molecular weight is 477 g/mol. The van der Waals surface area contributed by atoms with Crippen molar-refractivity contribution in [1.29, 1.82) is 0 Å². The third kappa shape index (κ3) is 7.98. The second-order valence-corrected chi connectivity index (χ2v) is 9.15. The van der Waals surface area contributed by atoms with Gasteiger partial charge in [0.1, 0.15) is 18.1 Å². The first-order chi connectivity index (χ1) is 17.0. The van der Waals surface area contributed by atoms with Gasteiger partial charge in [0.15, 0.2) is 0 Å². The van der Waals surface area contributed by atoms with Crippen LogP contribution in [0.25, 0.3) is 6.08 Å². The van der Waals surface area contributed by atoms with E-state index in [0.29, 0.717) is 18.1 Å². The molecule has 0 spiro atoms. The van der Waals surface area contributed by atoms with E-state index in [1.807, 2.05) is 12.1 Å².